The van der Waals surface area contributed by atoms with E-state index in [1.165, 1.54) is 18.2 Å². The number of hydrogen-bond donors (Lipinski definition) is 2. The van der Waals surface area contributed by atoms with Crippen molar-refractivity contribution in [1.82, 2.24) is 0 Å². The molecule has 0 radical (unpaired) electrons. The van der Waals surface area contributed by atoms with Gasteiger partial charge in [-0.15, -0.1) is 0 Å². The van der Waals surface area contributed by atoms with E-state index in [0.717, 1.165) is 0 Å². The number of nitrogen functional groups attached to an aromatic ring is 1. The molecule has 0 atom stereocenters. The fraction of sp³-hybridized carbons (Fsp3) is 0.0769. The Hall–Kier alpha value is -1.47. The van der Waals surface area contributed by atoms with E-state index in [-0.39, 0.29) is 16.3 Å². The summed E-state index contributed by atoms with van der Waals surface area (Å²) in [5.74, 6) is 0.529. The maximum Gasteiger partial charge on any atom is 0.238 e. The Morgan fingerprint density at radius 3 is 2.38 bits per heavy atom. The van der Waals surface area contributed by atoms with Crippen LogP contribution in [-0.4, -0.2) is 8.42 Å². The maximum absolute atomic E-state index is 11.6. The van der Waals surface area contributed by atoms with Gasteiger partial charge in [0.1, 0.15) is 11.5 Å². The van der Waals surface area contributed by atoms with Gasteiger partial charge in [-0.05, 0) is 25.1 Å². The lowest BCUT2D eigenvalue weighted by Gasteiger charge is -2.14. The molecule has 2 aromatic rings. The van der Waals surface area contributed by atoms with Gasteiger partial charge < -0.3 is 10.5 Å². The van der Waals surface area contributed by atoms with Crippen LogP contribution in [0.4, 0.5) is 5.69 Å². The number of sulfonamides is 1. The molecule has 5 nitrogen and oxygen atoms in total. The average molecular weight is 347 g/mol. The summed E-state index contributed by atoms with van der Waals surface area (Å²) in [4.78, 5) is -0.101. The zero-order valence-corrected chi connectivity index (χ0v) is 13.3. The Labute approximate surface area is 132 Å². The largest absolute Gasteiger partial charge is 0.455 e. The first-order valence-corrected chi connectivity index (χ1v) is 8.04. The molecule has 0 heterocycles. The van der Waals surface area contributed by atoms with Crippen molar-refractivity contribution in [1.29, 1.82) is 0 Å². The Balaban J connectivity index is 2.55. The topological polar surface area (TPSA) is 95.4 Å². The molecule has 0 saturated carbocycles. The molecule has 0 spiro atoms. The summed E-state index contributed by atoms with van der Waals surface area (Å²) < 4.78 is 28.7. The smallest absolute Gasteiger partial charge is 0.238 e. The lowest BCUT2D eigenvalue weighted by Crippen LogP contribution is -2.14. The number of nitrogens with two attached hydrogens (primary N) is 2. The van der Waals surface area contributed by atoms with Crippen LogP contribution in [-0.2, 0) is 10.0 Å². The van der Waals surface area contributed by atoms with Crippen molar-refractivity contribution in [3.8, 4) is 11.5 Å². The maximum atomic E-state index is 11.6. The molecule has 2 rings (SSSR count). The first-order chi connectivity index (χ1) is 9.68. The molecule has 112 valence electrons. The van der Waals surface area contributed by atoms with Crippen molar-refractivity contribution in [3.05, 3.63) is 45.9 Å². The Bertz CT molecular complexity index is 807. The van der Waals surface area contributed by atoms with Gasteiger partial charge in [0.25, 0.3) is 0 Å². The third-order valence-electron chi connectivity index (χ3n) is 2.75. The summed E-state index contributed by atoms with van der Waals surface area (Å²) in [6, 6.07) is 7.46. The molecule has 4 N–H and O–H groups in total. The quantitative estimate of drug-likeness (QED) is 0.833. The van der Waals surface area contributed by atoms with Crippen LogP contribution in [0, 0.1) is 6.92 Å². The standard InChI is InChI=1S/C13H12Cl2N2O3S/c1-7-11(5-9(16)6-13(7)21(17,18)19)20-12-4-8(14)2-3-10(12)15/h2-6H,16H2,1H3,(H2,17,18,19). The molecule has 0 amide bonds. The van der Waals surface area contributed by atoms with Crippen LogP contribution in [0.15, 0.2) is 35.2 Å². The third-order valence-corrected chi connectivity index (χ3v) is 4.34. The first-order valence-electron chi connectivity index (χ1n) is 5.74. The van der Waals surface area contributed by atoms with Crippen LogP contribution < -0.4 is 15.6 Å². The molecule has 0 aliphatic carbocycles. The lowest BCUT2D eigenvalue weighted by atomic mass is 10.2. The molecule has 8 heteroatoms. The van der Waals surface area contributed by atoms with Gasteiger partial charge in [0.15, 0.2) is 0 Å². The van der Waals surface area contributed by atoms with Gasteiger partial charge in [-0.25, -0.2) is 13.6 Å². The zero-order valence-electron chi connectivity index (χ0n) is 10.9. The summed E-state index contributed by atoms with van der Waals surface area (Å²) in [5.41, 5.74) is 6.23. The minimum atomic E-state index is -3.91. The van der Waals surface area contributed by atoms with Crippen LogP contribution in [0.2, 0.25) is 10.0 Å². The fourth-order valence-electron chi connectivity index (χ4n) is 1.76. The molecule has 0 fully saturated rings. The SMILES string of the molecule is Cc1c(Oc2cc(Cl)ccc2Cl)cc(N)cc1S(N)(=O)=O. The van der Waals surface area contributed by atoms with Gasteiger partial charge in [0.05, 0.1) is 9.92 Å². The number of anilines is 1. The highest BCUT2D eigenvalue weighted by Crippen LogP contribution is 2.36. The monoisotopic (exact) mass is 346 g/mol. The Morgan fingerprint density at radius 2 is 1.76 bits per heavy atom. The van der Waals surface area contributed by atoms with Gasteiger partial charge in [-0.1, -0.05) is 23.2 Å². The Kier molecular flexibility index (Phi) is 4.34. The lowest BCUT2D eigenvalue weighted by molar-refractivity contribution is 0.477. The summed E-state index contributed by atoms with van der Waals surface area (Å²) >= 11 is 11.9. The molecule has 21 heavy (non-hydrogen) atoms. The molecule has 0 aliphatic rings. The number of benzene rings is 2. The second-order valence-corrected chi connectivity index (χ2v) is 6.74. The van der Waals surface area contributed by atoms with Crippen LogP contribution in [0.3, 0.4) is 0 Å². The van der Waals surface area contributed by atoms with E-state index in [1.807, 2.05) is 0 Å². The van der Waals surface area contributed by atoms with E-state index < -0.39 is 10.0 Å². The van der Waals surface area contributed by atoms with Crippen molar-refractivity contribution in [2.45, 2.75) is 11.8 Å². The van der Waals surface area contributed by atoms with Gasteiger partial charge in [-0.2, -0.15) is 0 Å². The van der Waals surface area contributed by atoms with E-state index in [4.69, 9.17) is 38.8 Å². The normalized spacial score (nSPS) is 11.4. The molecule has 0 unspecified atom stereocenters. The first kappa shape index (κ1) is 15.9. The molecule has 2 aromatic carbocycles. The highest BCUT2D eigenvalue weighted by atomic mass is 35.5. The summed E-state index contributed by atoms with van der Waals surface area (Å²) in [6.07, 6.45) is 0. The van der Waals surface area contributed by atoms with Gasteiger partial charge in [0, 0.05) is 28.4 Å². The van der Waals surface area contributed by atoms with Gasteiger partial charge in [-0.3, -0.25) is 0 Å². The van der Waals surface area contributed by atoms with E-state index in [2.05, 4.69) is 0 Å². The third kappa shape index (κ3) is 3.59. The van der Waals surface area contributed by atoms with Crippen molar-refractivity contribution in [2.24, 2.45) is 5.14 Å². The number of halogens is 2. The molecular formula is C13H12Cl2N2O3S. The Morgan fingerprint density at radius 1 is 1.10 bits per heavy atom. The van der Waals surface area contributed by atoms with E-state index in [9.17, 15) is 8.42 Å². The number of rotatable bonds is 3. The van der Waals surface area contributed by atoms with Crippen molar-refractivity contribution in [3.63, 3.8) is 0 Å². The van der Waals surface area contributed by atoms with Crippen LogP contribution in [0.25, 0.3) is 0 Å². The highest BCUT2D eigenvalue weighted by Gasteiger charge is 2.17. The van der Waals surface area contributed by atoms with Crippen molar-refractivity contribution >= 4 is 38.9 Å². The van der Waals surface area contributed by atoms with E-state index in [0.29, 0.717) is 21.4 Å². The number of ether oxygens (including phenoxy) is 1. The van der Waals surface area contributed by atoms with Gasteiger partial charge >= 0.3 is 0 Å². The second-order valence-electron chi connectivity index (χ2n) is 4.36. The average Bonchev–Trinajstić information content (AvgIpc) is 2.36. The van der Waals surface area contributed by atoms with Gasteiger partial charge in [0.2, 0.25) is 10.0 Å². The molecule has 0 aromatic heterocycles. The minimum absolute atomic E-state index is 0.101. The predicted octanol–water partition coefficient (Wildman–Crippen LogP) is 3.32. The van der Waals surface area contributed by atoms with Crippen molar-refractivity contribution < 1.29 is 13.2 Å². The van der Waals surface area contributed by atoms with Crippen LogP contribution in [0.1, 0.15) is 5.56 Å². The zero-order chi connectivity index (χ0) is 15.8. The second kappa shape index (κ2) is 5.73. The molecule has 0 bridgehead atoms. The fourth-order valence-corrected chi connectivity index (χ4v) is 2.90. The summed E-state index contributed by atoms with van der Waals surface area (Å²) in [5, 5.41) is 5.92. The molecule has 0 aliphatic heterocycles. The number of hydrogen-bond acceptors (Lipinski definition) is 4. The molecular weight excluding hydrogens is 335 g/mol. The van der Waals surface area contributed by atoms with Crippen molar-refractivity contribution in [2.75, 3.05) is 5.73 Å². The highest BCUT2D eigenvalue weighted by molar-refractivity contribution is 7.89. The van der Waals surface area contributed by atoms with E-state index in [1.54, 1.807) is 19.1 Å². The summed E-state index contributed by atoms with van der Waals surface area (Å²) in [6.45, 7) is 1.56. The number of primary sulfonamides is 1. The van der Waals surface area contributed by atoms with Crippen LogP contribution >= 0.6 is 23.2 Å². The predicted molar refractivity (Wildman–Crippen MR) is 83.5 cm³/mol. The minimum Gasteiger partial charge on any atom is -0.455 e. The summed E-state index contributed by atoms with van der Waals surface area (Å²) in [7, 11) is -3.91. The van der Waals surface area contributed by atoms with Crippen LogP contribution in [0.5, 0.6) is 11.5 Å². The molecule has 0 saturated heterocycles. The van der Waals surface area contributed by atoms with E-state index >= 15 is 0 Å².